The van der Waals surface area contributed by atoms with Crippen LogP contribution < -0.4 is 0 Å². The second kappa shape index (κ2) is 3.90. The van der Waals surface area contributed by atoms with Crippen molar-refractivity contribution < 1.29 is 5.11 Å². The average molecular weight is 167 g/mol. The Hall–Kier alpha value is -0.560. The lowest BCUT2D eigenvalue weighted by Gasteiger charge is -2.35. The molecule has 1 N–H and O–H groups in total. The number of hydrogen-bond acceptors (Lipinski definition) is 1. The molecule has 0 saturated heterocycles. The van der Waals surface area contributed by atoms with Crippen LogP contribution in [0.1, 0.15) is 34.1 Å². The molecule has 1 atom stereocenters. The number of allylic oxidation sites excluding steroid dienone is 1. The van der Waals surface area contributed by atoms with Crippen molar-refractivity contribution in [1.29, 1.82) is 0 Å². The Morgan fingerprint density at radius 2 is 1.83 bits per heavy atom. The summed E-state index contributed by atoms with van der Waals surface area (Å²) in [4.78, 5) is 0. The quantitative estimate of drug-likeness (QED) is 0.638. The molecule has 0 bridgehead atoms. The van der Waals surface area contributed by atoms with Crippen LogP contribution in [0.5, 0.6) is 0 Å². The van der Waals surface area contributed by atoms with E-state index in [9.17, 15) is 5.11 Å². The Labute approximate surface area is 75.8 Å². The van der Waals surface area contributed by atoms with Crippen LogP contribution in [0.2, 0.25) is 0 Å². The molecule has 0 spiro atoms. The Morgan fingerprint density at radius 1 is 1.33 bits per heavy atom. The predicted molar refractivity (Wildman–Crippen MR) is 52.7 cm³/mol. The fraction of sp³-hybridized carbons (Fsp3) is 0.636. The molecule has 69 valence electrons. The highest BCUT2D eigenvalue weighted by molar-refractivity contribution is 5.10. The molecule has 0 aliphatic carbocycles. The van der Waals surface area contributed by atoms with Gasteiger partial charge in [-0.1, -0.05) is 45.6 Å². The lowest BCUT2D eigenvalue weighted by Crippen LogP contribution is -2.38. The molecule has 1 unspecified atom stereocenters. The van der Waals surface area contributed by atoms with Gasteiger partial charge >= 0.3 is 0 Å². The Morgan fingerprint density at radius 3 is 2.17 bits per heavy atom. The third-order valence-electron chi connectivity index (χ3n) is 2.40. The lowest BCUT2D eigenvalue weighted by molar-refractivity contribution is 0.0209. The van der Waals surface area contributed by atoms with Gasteiger partial charge in [-0.05, 0) is 13.3 Å². The van der Waals surface area contributed by atoms with Crippen LogP contribution in [0, 0.1) is 12.0 Å². The molecule has 0 amide bonds. The fourth-order valence-corrected chi connectivity index (χ4v) is 0.796. The van der Waals surface area contributed by atoms with Gasteiger partial charge in [0.2, 0.25) is 0 Å². The van der Waals surface area contributed by atoms with Crippen molar-refractivity contribution in [1.82, 2.24) is 0 Å². The molecule has 0 heterocycles. The van der Waals surface area contributed by atoms with Crippen molar-refractivity contribution in [3.05, 3.63) is 24.8 Å². The molecule has 1 heteroatoms. The average Bonchev–Trinajstić information content (AvgIpc) is 2.00. The van der Waals surface area contributed by atoms with Crippen LogP contribution in [0.4, 0.5) is 0 Å². The summed E-state index contributed by atoms with van der Waals surface area (Å²) in [6.07, 6.45) is 6.35. The summed E-state index contributed by atoms with van der Waals surface area (Å²) in [5, 5.41) is 9.85. The molecule has 0 aliphatic rings. The highest BCUT2D eigenvalue weighted by Crippen LogP contribution is 2.32. The maximum absolute atomic E-state index is 9.85. The standard InChI is InChI=1S/C11H19O/c1-6-8-9-10(3,4)11(5,12)7-2/h2,7-9,12H,6H2,1,3-5H3/b7-2?,9-8-. The third-order valence-corrected chi connectivity index (χ3v) is 2.40. The minimum absolute atomic E-state index is 0.308. The van der Waals surface area contributed by atoms with Gasteiger partial charge in [-0.25, -0.2) is 0 Å². The second-order valence-corrected chi connectivity index (χ2v) is 3.85. The SMILES string of the molecule is [CH]=CC(C)(O)C(C)(C)/C=C\CC. The van der Waals surface area contributed by atoms with Crippen molar-refractivity contribution in [3.63, 3.8) is 0 Å². The van der Waals surface area contributed by atoms with Crippen LogP contribution in [-0.4, -0.2) is 10.7 Å². The van der Waals surface area contributed by atoms with Crippen LogP contribution in [0.25, 0.3) is 0 Å². The van der Waals surface area contributed by atoms with Gasteiger partial charge in [-0.3, -0.25) is 0 Å². The summed E-state index contributed by atoms with van der Waals surface area (Å²) < 4.78 is 0. The molecular formula is C11H19O. The summed E-state index contributed by atoms with van der Waals surface area (Å²) in [6.45, 7) is 13.1. The van der Waals surface area contributed by atoms with E-state index in [1.54, 1.807) is 6.92 Å². The van der Waals surface area contributed by atoms with Crippen molar-refractivity contribution in [2.75, 3.05) is 0 Å². The Kier molecular flexibility index (Phi) is 3.72. The second-order valence-electron chi connectivity index (χ2n) is 3.85. The molecular weight excluding hydrogens is 148 g/mol. The summed E-state index contributed by atoms with van der Waals surface area (Å²) in [5.74, 6) is 0. The molecule has 0 fully saturated rings. The third kappa shape index (κ3) is 2.49. The first-order valence-corrected chi connectivity index (χ1v) is 4.33. The van der Waals surface area contributed by atoms with E-state index in [4.69, 9.17) is 6.58 Å². The van der Waals surface area contributed by atoms with Crippen LogP contribution >= 0.6 is 0 Å². The number of hydrogen-bond donors (Lipinski definition) is 1. The van der Waals surface area contributed by atoms with Gasteiger partial charge in [0, 0.05) is 5.41 Å². The number of aliphatic hydroxyl groups is 1. The largest absolute Gasteiger partial charge is 0.385 e. The first-order valence-electron chi connectivity index (χ1n) is 4.33. The van der Waals surface area contributed by atoms with Crippen LogP contribution in [0.15, 0.2) is 18.2 Å². The van der Waals surface area contributed by atoms with Gasteiger partial charge in [0.05, 0.1) is 5.60 Å². The maximum atomic E-state index is 9.85. The topological polar surface area (TPSA) is 20.2 Å². The zero-order valence-corrected chi connectivity index (χ0v) is 8.46. The van der Waals surface area contributed by atoms with Gasteiger partial charge < -0.3 is 5.11 Å². The normalized spacial score (nSPS) is 17.8. The number of rotatable bonds is 4. The molecule has 1 radical (unpaired) electrons. The van der Waals surface area contributed by atoms with Gasteiger partial charge in [0.15, 0.2) is 0 Å². The van der Waals surface area contributed by atoms with Crippen LogP contribution in [-0.2, 0) is 0 Å². The summed E-state index contributed by atoms with van der Waals surface area (Å²) in [7, 11) is 0. The fourth-order valence-electron chi connectivity index (χ4n) is 0.796. The van der Waals surface area contributed by atoms with E-state index < -0.39 is 5.60 Å². The summed E-state index contributed by atoms with van der Waals surface area (Å²) in [5.41, 5.74) is -1.25. The first kappa shape index (κ1) is 11.4. The molecule has 0 aromatic rings. The van der Waals surface area contributed by atoms with E-state index in [0.29, 0.717) is 0 Å². The smallest absolute Gasteiger partial charge is 0.0887 e. The maximum Gasteiger partial charge on any atom is 0.0887 e. The van der Waals surface area contributed by atoms with Gasteiger partial charge in [-0.2, -0.15) is 0 Å². The Bertz CT molecular complexity index is 175. The lowest BCUT2D eigenvalue weighted by atomic mass is 9.76. The molecule has 0 saturated carbocycles. The Balaban J connectivity index is 4.59. The molecule has 0 aromatic carbocycles. The van der Waals surface area contributed by atoms with Gasteiger partial charge in [-0.15, -0.1) is 0 Å². The van der Waals surface area contributed by atoms with E-state index in [1.165, 1.54) is 6.08 Å². The molecule has 0 aromatic heterocycles. The van der Waals surface area contributed by atoms with Gasteiger partial charge in [0.1, 0.15) is 0 Å². The highest BCUT2D eigenvalue weighted by Gasteiger charge is 2.33. The zero-order chi connectivity index (χ0) is 9.83. The monoisotopic (exact) mass is 167 g/mol. The minimum Gasteiger partial charge on any atom is -0.385 e. The van der Waals surface area contributed by atoms with Crippen molar-refractivity contribution >= 4 is 0 Å². The summed E-state index contributed by atoms with van der Waals surface area (Å²) >= 11 is 0. The van der Waals surface area contributed by atoms with Crippen LogP contribution in [0.3, 0.4) is 0 Å². The van der Waals surface area contributed by atoms with E-state index >= 15 is 0 Å². The highest BCUT2D eigenvalue weighted by atomic mass is 16.3. The molecule has 0 rings (SSSR count). The predicted octanol–water partition coefficient (Wildman–Crippen LogP) is 2.72. The molecule has 1 nitrogen and oxygen atoms in total. The molecule has 12 heavy (non-hydrogen) atoms. The minimum atomic E-state index is -0.946. The zero-order valence-electron chi connectivity index (χ0n) is 8.46. The van der Waals surface area contributed by atoms with Crippen molar-refractivity contribution in [2.45, 2.75) is 39.7 Å². The van der Waals surface area contributed by atoms with E-state index in [0.717, 1.165) is 6.42 Å². The molecule has 0 aliphatic heterocycles. The van der Waals surface area contributed by atoms with E-state index in [-0.39, 0.29) is 5.41 Å². The van der Waals surface area contributed by atoms with Crippen molar-refractivity contribution in [2.24, 2.45) is 5.41 Å². The first-order chi connectivity index (χ1) is 5.37. The van der Waals surface area contributed by atoms with E-state index in [2.05, 4.69) is 6.92 Å². The van der Waals surface area contributed by atoms with Gasteiger partial charge in [0.25, 0.3) is 0 Å². The van der Waals surface area contributed by atoms with Crippen molar-refractivity contribution in [3.8, 4) is 0 Å². The summed E-state index contributed by atoms with van der Waals surface area (Å²) in [6, 6.07) is 0. The van der Waals surface area contributed by atoms with E-state index in [1.807, 2.05) is 26.0 Å².